The van der Waals surface area contributed by atoms with Crippen LogP contribution in [-0.2, 0) is 10.3 Å². The van der Waals surface area contributed by atoms with E-state index in [2.05, 4.69) is 18.3 Å². The Labute approximate surface area is 144 Å². The van der Waals surface area contributed by atoms with Crippen LogP contribution in [0.1, 0.15) is 38.2 Å². The Kier molecular flexibility index (Phi) is 5.00. The van der Waals surface area contributed by atoms with Crippen molar-refractivity contribution in [3.05, 3.63) is 60.2 Å². The Bertz CT molecular complexity index is 698. The molecule has 2 aromatic carbocycles. The zero-order valence-electron chi connectivity index (χ0n) is 14.4. The van der Waals surface area contributed by atoms with Crippen molar-refractivity contribution in [1.82, 2.24) is 5.32 Å². The Morgan fingerprint density at radius 2 is 1.79 bits per heavy atom. The van der Waals surface area contributed by atoms with Crippen molar-refractivity contribution in [2.45, 2.75) is 38.1 Å². The highest BCUT2D eigenvalue weighted by Gasteiger charge is 2.40. The quantitative estimate of drug-likeness (QED) is 0.869. The van der Waals surface area contributed by atoms with Crippen molar-refractivity contribution >= 4 is 5.78 Å². The Morgan fingerprint density at radius 1 is 1.04 bits per heavy atom. The van der Waals surface area contributed by atoms with E-state index < -0.39 is 0 Å². The maximum Gasteiger partial charge on any atom is 0.138 e. The van der Waals surface area contributed by atoms with Crippen molar-refractivity contribution in [2.75, 3.05) is 7.05 Å². The molecule has 0 aromatic heterocycles. The summed E-state index contributed by atoms with van der Waals surface area (Å²) in [5.41, 5.74) is 0.729. The molecule has 0 radical (unpaired) electrons. The van der Waals surface area contributed by atoms with E-state index in [1.54, 1.807) is 0 Å². The van der Waals surface area contributed by atoms with Gasteiger partial charge in [-0.05, 0) is 56.6 Å². The van der Waals surface area contributed by atoms with E-state index in [1.807, 2.05) is 55.6 Å². The predicted molar refractivity (Wildman–Crippen MR) is 96.3 cm³/mol. The zero-order chi connectivity index (χ0) is 17.0. The second kappa shape index (κ2) is 7.18. The molecule has 1 fully saturated rings. The highest BCUT2D eigenvalue weighted by atomic mass is 16.5. The first kappa shape index (κ1) is 16.7. The third-order valence-electron chi connectivity index (χ3n) is 5.18. The number of benzene rings is 2. The molecular formula is C21H25NO2. The highest BCUT2D eigenvalue weighted by Crippen LogP contribution is 2.38. The van der Waals surface area contributed by atoms with E-state index >= 15 is 0 Å². The largest absolute Gasteiger partial charge is 0.457 e. The lowest BCUT2D eigenvalue weighted by atomic mass is 9.71. The van der Waals surface area contributed by atoms with Gasteiger partial charge in [0.05, 0.1) is 5.54 Å². The van der Waals surface area contributed by atoms with Gasteiger partial charge in [-0.15, -0.1) is 0 Å². The van der Waals surface area contributed by atoms with Crippen LogP contribution in [0.5, 0.6) is 11.5 Å². The Balaban J connectivity index is 1.89. The number of carbonyl (C=O) groups is 1. The second-order valence-corrected chi connectivity index (χ2v) is 6.66. The number of hydrogen-bond acceptors (Lipinski definition) is 3. The van der Waals surface area contributed by atoms with Gasteiger partial charge in [-0.3, -0.25) is 4.79 Å². The fourth-order valence-corrected chi connectivity index (χ4v) is 3.62. The summed E-state index contributed by atoms with van der Waals surface area (Å²) in [6, 6.07) is 17.8. The number of hydrogen-bond donors (Lipinski definition) is 1. The van der Waals surface area contributed by atoms with Crippen LogP contribution in [-0.4, -0.2) is 12.8 Å². The first-order valence-corrected chi connectivity index (χ1v) is 8.68. The van der Waals surface area contributed by atoms with Gasteiger partial charge in [0.15, 0.2) is 0 Å². The van der Waals surface area contributed by atoms with Gasteiger partial charge in [0.2, 0.25) is 0 Å². The molecule has 2 unspecified atom stereocenters. The zero-order valence-corrected chi connectivity index (χ0v) is 14.4. The van der Waals surface area contributed by atoms with Gasteiger partial charge in [0.25, 0.3) is 0 Å². The number of rotatable bonds is 5. The summed E-state index contributed by atoms with van der Waals surface area (Å²) in [4.78, 5) is 12.5. The van der Waals surface area contributed by atoms with Crippen LogP contribution in [0.4, 0.5) is 0 Å². The van der Waals surface area contributed by atoms with Crippen LogP contribution in [0.15, 0.2) is 54.6 Å². The SMILES string of the molecule is CNC(C)(c1cccc(Oc2ccccc2)c1)C1CCCCC1=O. The smallest absolute Gasteiger partial charge is 0.138 e. The van der Waals surface area contributed by atoms with Crippen LogP contribution < -0.4 is 10.1 Å². The van der Waals surface area contributed by atoms with E-state index in [1.165, 1.54) is 0 Å². The molecule has 0 aliphatic heterocycles. The lowest BCUT2D eigenvalue weighted by molar-refractivity contribution is -0.127. The number of carbonyl (C=O) groups excluding carboxylic acids is 1. The number of nitrogens with one attached hydrogen (secondary N) is 1. The van der Waals surface area contributed by atoms with Crippen LogP contribution in [0.2, 0.25) is 0 Å². The summed E-state index contributed by atoms with van der Waals surface area (Å²) in [5.74, 6) is 1.99. The lowest BCUT2D eigenvalue weighted by Crippen LogP contribution is -2.48. The molecule has 0 amide bonds. The first-order chi connectivity index (χ1) is 11.6. The van der Waals surface area contributed by atoms with Crippen LogP contribution >= 0.6 is 0 Å². The maximum absolute atomic E-state index is 12.5. The van der Waals surface area contributed by atoms with Gasteiger partial charge >= 0.3 is 0 Å². The van der Waals surface area contributed by atoms with Gasteiger partial charge in [-0.2, -0.15) is 0 Å². The lowest BCUT2D eigenvalue weighted by Gasteiger charge is -2.39. The molecule has 126 valence electrons. The second-order valence-electron chi connectivity index (χ2n) is 6.66. The summed E-state index contributed by atoms with van der Waals surface area (Å²) >= 11 is 0. The molecular weight excluding hydrogens is 298 g/mol. The highest BCUT2D eigenvalue weighted by molar-refractivity contribution is 5.83. The minimum absolute atomic E-state index is 0.0169. The number of Topliss-reactive ketones (excluding diaryl/α,β-unsaturated/α-hetero) is 1. The summed E-state index contributed by atoms with van der Waals surface area (Å²) in [7, 11) is 1.94. The molecule has 0 heterocycles. The number of para-hydroxylation sites is 1. The average molecular weight is 323 g/mol. The van der Waals surface area contributed by atoms with E-state index in [4.69, 9.17) is 4.74 Å². The molecule has 3 nitrogen and oxygen atoms in total. The van der Waals surface area contributed by atoms with Gasteiger partial charge < -0.3 is 10.1 Å². The summed E-state index contributed by atoms with van der Waals surface area (Å²) in [6.07, 6.45) is 3.78. The minimum atomic E-state index is -0.367. The molecule has 0 saturated heterocycles. The molecule has 3 heteroatoms. The predicted octanol–water partition coefficient (Wildman–Crippen LogP) is 4.67. The fourth-order valence-electron chi connectivity index (χ4n) is 3.62. The molecule has 3 rings (SSSR count). The normalized spacial score (nSPS) is 20.4. The van der Waals surface area contributed by atoms with Crippen molar-refractivity contribution in [3.8, 4) is 11.5 Å². The number of ketones is 1. The first-order valence-electron chi connectivity index (χ1n) is 8.68. The standard InChI is InChI=1S/C21H25NO2/c1-21(22-2,19-13-6-7-14-20(19)23)16-9-8-12-18(15-16)24-17-10-4-3-5-11-17/h3-5,8-12,15,19,22H,6-7,13-14H2,1-2H3. The van der Waals surface area contributed by atoms with Crippen molar-refractivity contribution in [2.24, 2.45) is 5.92 Å². The number of ether oxygens (including phenoxy) is 1. The summed E-state index contributed by atoms with van der Waals surface area (Å²) in [6.45, 7) is 2.13. The molecule has 2 atom stereocenters. The van der Waals surface area contributed by atoms with Crippen LogP contribution in [0, 0.1) is 5.92 Å². The van der Waals surface area contributed by atoms with Gasteiger partial charge in [0, 0.05) is 12.3 Å². The average Bonchev–Trinajstić information content (AvgIpc) is 2.62. The van der Waals surface area contributed by atoms with Gasteiger partial charge in [0.1, 0.15) is 17.3 Å². The van der Waals surface area contributed by atoms with Crippen LogP contribution in [0.3, 0.4) is 0 Å². The van der Waals surface area contributed by atoms with Gasteiger partial charge in [-0.1, -0.05) is 36.8 Å². The molecule has 1 aliphatic carbocycles. The molecule has 2 aromatic rings. The van der Waals surface area contributed by atoms with Crippen molar-refractivity contribution < 1.29 is 9.53 Å². The van der Waals surface area contributed by atoms with E-state index in [0.717, 1.165) is 36.3 Å². The Hall–Kier alpha value is -2.13. The molecule has 1 aliphatic rings. The molecule has 0 bridgehead atoms. The van der Waals surface area contributed by atoms with Crippen molar-refractivity contribution in [3.63, 3.8) is 0 Å². The van der Waals surface area contributed by atoms with Crippen LogP contribution in [0.25, 0.3) is 0 Å². The van der Waals surface area contributed by atoms with Crippen molar-refractivity contribution in [1.29, 1.82) is 0 Å². The third-order valence-corrected chi connectivity index (χ3v) is 5.18. The van der Waals surface area contributed by atoms with E-state index in [9.17, 15) is 4.79 Å². The maximum atomic E-state index is 12.5. The third kappa shape index (κ3) is 3.36. The van der Waals surface area contributed by atoms with Gasteiger partial charge in [-0.25, -0.2) is 0 Å². The van der Waals surface area contributed by atoms with E-state index in [-0.39, 0.29) is 11.5 Å². The minimum Gasteiger partial charge on any atom is -0.457 e. The molecule has 1 saturated carbocycles. The summed E-state index contributed by atoms with van der Waals surface area (Å²) in [5, 5.41) is 3.41. The molecule has 24 heavy (non-hydrogen) atoms. The van der Waals surface area contributed by atoms with E-state index in [0.29, 0.717) is 12.2 Å². The summed E-state index contributed by atoms with van der Waals surface area (Å²) < 4.78 is 5.96. The topological polar surface area (TPSA) is 38.3 Å². The molecule has 1 N–H and O–H groups in total. The fraction of sp³-hybridized carbons (Fsp3) is 0.381. The Morgan fingerprint density at radius 3 is 2.50 bits per heavy atom. The molecule has 0 spiro atoms. The monoisotopic (exact) mass is 323 g/mol.